The molecule has 1 aromatic heterocycles. The van der Waals surface area contributed by atoms with Gasteiger partial charge in [-0.15, -0.1) is 0 Å². The summed E-state index contributed by atoms with van der Waals surface area (Å²) in [5.74, 6) is -0.818. The van der Waals surface area contributed by atoms with Gasteiger partial charge in [-0.2, -0.15) is 5.10 Å². The van der Waals surface area contributed by atoms with Crippen LogP contribution in [0, 0.1) is 5.92 Å². The molecule has 7 nitrogen and oxygen atoms in total. The van der Waals surface area contributed by atoms with Crippen LogP contribution in [0.15, 0.2) is 6.20 Å². The van der Waals surface area contributed by atoms with E-state index in [0.717, 1.165) is 12.8 Å². The molecule has 0 bridgehead atoms. The molecule has 20 heavy (non-hydrogen) atoms. The molecule has 4 N–H and O–H groups in total. The van der Waals surface area contributed by atoms with Crippen LogP contribution in [-0.2, 0) is 11.3 Å². The van der Waals surface area contributed by atoms with Gasteiger partial charge in [-0.25, -0.2) is 0 Å². The molecule has 1 fully saturated rings. The zero-order valence-electron chi connectivity index (χ0n) is 11.9. The number of amides is 2. The Bertz CT molecular complexity index is 525. The predicted octanol–water partition coefficient (Wildman–Crippen LogP) is 0.211. The predicted molar refractivity (Wildman–Crippen MR) is 74.7 cm³/mol. The van der Waals surface area contributed by atoms with Gasteiger partial charge in [0.05, 0.1) is 17.8 Å². The fourth-order valence-electron chi connectivity index (χ4n) is 2.63. The van der Waals surface area contributed by atoms with E-state index in [9.17, 15) is 9.59 Å². The van der Waals surface area contributed by atoms with Crippen LogP contribution >= 0.6 is 0 Å². The summed E-state index contributed by atoms with van der Waals surface area (Å²) in [5.41, 5.74) is 12.0. The second-order valence-electron chi connectivity index (χ2n) is 5.25. The van der Waals surface area contributed by atoms with E-state index < -0.39 is 0 Å². The summed E-state index contributed by atoms with van der Waals surface area (Å²) < 4.78 is 1.58. The van der Waals surface area contributed by atoms with E-state index in [4.69, 9.17) is 11.5 Å². The molecule has 7 heteroatoms. The summed E-state index contributed by atoms with van der Waals surface area (Å²) in [4.78, 5) is 25.7. The number of carbonyl (C=O) groups excluding carboxylic acids is 2. The highest BCUT2D eigenvalue weighted by Crippen LogP contribution is 2.25. The first kappa shape index (κ1) is 14.4. The number of hydrogen-bond donors (Lipinski definition) is 2. The highest BCUT2D eigenvalue weighted by atomic mass is 16.2. The highest BCUT2D eigenvalue weighted by molar-refractivity contribution is 5.98. The first-order valence-electron chi connectivity index (χ1n) is 6.87. The molecule has 1 aliphatic heterocycles. The Labute approximate surface area is 117 Å². The third-order valence-corrected chi connectivity index (χ3v) is 3.92. The molecule has 1 saturated heterocycles. The van der Waals surface area contributed by atoms with Crippen molar-refractivity contribution in [3.8, 4) is 0 Å². The number of rotatable bonds is 3. The third kappa shape index (κ3) is 2.48. The number of aryl methyl sites for hydroxylation is 1. The van der Waals surface area contributed by atoms with Gasteiger partial charge in [0.2, 0.25) is 5.91 Å². The molecule has 110 valence electrons. The van der Waals surface area contributed by atoms with E-state index in [1.54, 1.807) is 9.58 Å². The van der Waals surface area contributed by atoms with Crippen LogP contribution in [0.2, 0.25) is 0 Å². The summed E-state index contributed by atoms with van der Waals surface area (Å²) in [7, 11) is 0. The molecule has 0 radical (unpaired) electrons. The van der Waals surface area contributed by atoms with Crippen LogP contribution < -0.4 is 11.5 Å². The largest absolute Gasteiger partial charge is 0.396 e. The number of primary amides is 1. The minimum Gasteiger partial charge on any atom is -0.396 e. The Kier molecular flexibility index (Phi) is 3.96. The van der Waals surface area contributed by atoms with E-state index in [2.05, 4.69) is 5.10 Å². The fourth-order valence-corrected chi connectivity index (χ4v) is 2.63. The number of aromatic nitrogens is 2. The summed E-state index contributed by atoms with van der Waals surface area (Å²) in [6.45, 7) is 4.79. The highest BCUT2D eigenvalue weighted by Gasteiger charge is 2.34. The molecule has 0 aromatic carbocycles. The maximum atomic E-state index is 12.7. The molecular weight excluding hydrogens is 258 g/mol. The lowest BCUT2D eigenvalue weighted by Crippen LogP contribution is -2.49. The Hall–Kier alpha value is -2.05. The van der Waals surface area contributed by atoms with Gasteiger partial charge in [0.1, 0.15) is 5.69 Å². The van der Waals surface area contributed by atoms with Crippen molar-refractivity contribution in [2.45, 2.75) is 39.3 Å². The molecule has 2 heterocycles. The SMILES string of the molecule is CCn1ncc(N)c1C(=O)N1CC(C(N)=O)CCC1C. The standard InChI is InChI=1S/C13H21N5O2/c1-3-18-11(10(14)6-16-18)13(20)17-7-9(12(15)19)5-4-8(17)2/h6,8-9H,3-5,7,14H2,1-2H3,(H2,15,19). The number of piperidine rings is 1. The normalized spacial score (nSPS) is 22.8. The van der Waals surface area contributed by atoms with Gasteiger partial charge in [0, 0.05) is 19.1 Å². The van der Waals surface area contributed by atoms with Crippen molar-refractivity contribution < 1.29 is 9.59 Å². The lowest BCUT2D eigenvalue weighted by molar-refractivity contribution is -0.123. The summed E-state index contributed by atoms with van der Waals surface area (Å²) >= 11 is 0. The molecule has 2 amide bonds. The van der Waals surface area contributed by atoms with Crippen molar-refractivity contribution in [3.63, 3.8) is 0 Å². The molecule has 2 atom stereocenters. The van der Waals surface area contributed by atoms with Crippen molar-refractivity contribution in [2.24, 2.45) is 11.7 Å². The zero-order chi connectivity index (χ0) is 14.9. The number of anilines is 1. The zero-order valence-corrected chi connectivity index (χ0v) is 11.9. The van der Waals surface area contributed by atoms with Gasteiger partial charge in [0.15, 0.2) is 0 Å². The molecule has 0 spiro atoms. The van der Waals surface area contributed by atoms with E-state index in [-0.39, 0.29) is 23.8 Å². The van der Waals surface area contributed by atoms with Gasteiger partial charge in [-0.3, -0.25) is 14.3 Å². The van der Waals surface area contributed by atoms with Gasteiger partial charge in [-0.1, -0.05) is 0 Å². The lowest BCUT2D eigenvalue weighted by Gasteiger charge is -2.37. The average Bonchev–Trinajstić information content (AvgIpc) is 2.79. The van der Waals surface area contributed by atoms with E-state index in [1.807, 2.05) is 13.8 Å². The van der Waals surface area contributed by atoms with Crippen molar-refractivity contribution in [2.75, 3.05) is 12.3 Å². The van der Waals surface area contributed by atoms with Crippen LogP contribution in [0.4, 0.5) is 5.69 Å². The number of nitrogens with zero attached hydrogens (tertiary/aromatic N) is 3. The Morgan fingerprint density at radius 3 is 2.75 bits per heavy atom. The van der Waals surface area contributed by atoms with Gasteiger partial charge >= 0.3 is 0 Å². The monoisotopic (exact) mass is 279 g/mol. The second kappa shape index (κ2) is 5.52. The Morgan fingerprint density at radius 1 is 1.45 bits per heavy atom. The van der Waals surface area contributed by atoms with Crippen molar-refractivity contribution in [1.29, 1.82) is 0 Å². The second-order valence-corrected chi connectivity index (χ2v) is 5.25. The van der Waals surface area contributed by atoms with Crippen molar-refractivity contribution in [1.82, 2.24) is 14.7 Å². The molecule has 1 aliphatic rings. The molecule has 1 aromatic rings. The topological polar surface area (TPSA) is 107 Å². The van der Waals surface area contributed by atoms with E-state index in [1.165, 1.54) is 6.20 Å². The first-order valence-corrected chi connectivity index (χ1v) is 6.87. The van der Waals surface area contributed by atoms with Crippen LogP contribution in [-0.4, -0.2) is 39.1 Å². The number of nitrogen functional groups attached to an aromatic ring is 1. The van der Waals surface area contributed by atoms with Crippen LogP contribution in [0.5, 0.6) is 0 Å². The van der Waals surface area contributed by atoms with Crippen LogP contribution in [0.3, 0.4) is 0 Å². The molecule has 0 aliphatic carbocycles. The smallest absolute Gasteiger partial charge is 0.274 e. The minimum absolute atomic E-state index is 0.0673. The number of nitrogens with two attached hydrogens (primary N) is 2. The Balaban J connectivity index is 2.26. The fraction of sp³-hybridized carbons (Fsp3) is 0.615. The summed E-state index contributed by atoms with van der Waals surface area (Å²) in [6, 6.07) is 0.0673. The third-order valence-electron chi connectivity index (χ3n) is 3.92. The molecule has 0 saturated carbocycles. The van der Waals surface area contributed by atoms with Gasteiger partial charge < -0.3 is 16.4 Å². The minimum atomic E-state index is -0.355. The molecular formula is C13H21N5O2. The van der Waals surface area contributed by atoms with Gasteiger partial charge in [0.25, 0.3) is 5.91 Å². The van der Waals surface area contributed by atoms with Crippen molar-refractivity contribution in [3.05, 3.63) is 11.9 Å². The maximum Gasteiger partial charge on any atom is 0.274 e. The average molecular weight is 279 g/mol. The number of hydrogen-bond acceptors (Lipinski definition) is 4. The number of carbonyl (C=O) groups is 2. The van der Waals surface area contributed by atoms with E-state index >= 15 is 0 Å². The van der Waals surface area contributed by atoms with Crippen LogP contribution in [0.25, 0.3) is 0 Å². The Morgan fingerprint density at radius 2 is 2.15 bits per heavy atom. The summed E-state index contributed by atoms with van der Waals surface area (Å²) in [5, 5.41) is 4.08. The van der Waals surface area contributed by atoms with E-state index in [0.29, 0.717) is 24.5 Å². The first-order chi connectivity index (χ1) is 9.45. The summed E-state index contributed by atoms with van der Waals surface area (Å²) in [6.07, 6.45) is 2.97. The van der Waals surface area contributed by atoms with Crippen molar-refractivity contribution >= 4 is 17.5 Å². The lowest BCUT2D eigenvalue weighted by atomic mass is 9.92. The maximum absolute atomic E-state index is 12.7. The number of likely N-dealkylation sites (tertiary alicyclic amines) is 1. The van der Waals surface area contributed by atoms with Crippen LogP contribution in [0.1, 0.15) is 37.2 Å². The quantitative estimate of drug-likeness (QED) is 0.824. The molecule has 2 unspecified atom stereocenters. The molecule has 2 rings (SSSR count). The van der Waals surface area contributed by atoms with Gasteiger partial charge in [-0.05, 0) is 26.7 Å².